The van der Waals surface area contributed by atoms with E-state index in [0.717, 1.165) is 5.69 Å². The maximum Gasteiger partial charge on any atom is 1.00 e. The van der Waals surface area contributed by atoms with Crippen molar-refractivity contribution >= 4 is 15.8 Å². The predicted molar refractivity (Wildman–Crippen MR) is 55.4 cm³/mol. The minimum absolute atomic E-state index is 0. The predicted octanol–water partition coefficient (Wildman–Crippen LogP) is -2.71. The van der Waals surface area contributed by atoms with E-state index in [-0.39, 0.29) is 35.1 Å². The molecule has 0 spiro atoms. The van der Waals surface area contributed by atoms with Crippen molar-refractivity contribution in [2.45, 2.75) is 5.44 Å². The van der Waals surface area contributed by atoms with Gasteiger partial charge in [0.25, 0.3) is 0 Å². The van der Waals surface area contributed by atoms with Gasteiger partial charge in [0.1, 0.15) is 10.1 Å². The van der Waals surface area contributed by atoms with Crippen LogP contribution < -0.4 is 34.5 Å². The Kier molecular flexibility index (Phi) is 5.95. The first-order valence-electron chi connectivity index (χ1n) is 4.22. The molecule has 16 heavy (non-hydrogen) atoms. The third kappa shape index (κ3) is 4.04. The smallest absolute Gasteiger partial charge is 0.746 e. The second kappa shape index (κ2) is 6.00. The van der Waals surface area contributed by atoms with Crippen LogP contribution in [0.1, 0.15) is 11.0 Å². The van der Waals surface area contributed by atoms with E-state index in [1.165, 1.54) is 12.1 Å². The summed E-state index contributed by atoms with van der Waals surface area (Å²) in [5.41, 5.74) is -1.06. The molecule has 0 radical (unpaired) electrons. The molecule has 1 aromatic carbocycles. The summed E-state index contributed by atoms with van der Waals surface area (Å²) in [5.74, 6) is 0. The molecule has 0 amide bonds. The maximum absolute atomic E-state index is 10.5. The van der Waals surface area contributed by atoms with E-state index in [9.17, 15) is 18.1 Å². The van der Waals surface area contributed by atoms with Gasteiger partial charge >= 0.3 is 29.6 Å². The Morgan fingerprint density at radius 1 is 1.25 bits per heavy atom. The van der Waals surface area contributed by atoms with E-state index in [2.05, 4.69) is 0 Å². The molecule has 0 aliphatic carbocycles. The summed E-state index contributed by atoms with van der Waals surface area (Å²) in [7, 11) is -1.04. The van der Waals surface area contributed by atoms with E-state index in [0.29, 0.717) is 0 Å². The Bertz CT molecular complexity index is 429. The average Bonchev–Trinajstić information content (AvgIpc) is 2.15. The van der Waals surface area contributed by atoms with E-state index in [4.69, 9.17) is 0 Å². The zero-order chi connectivity index (χ0) is 11.6. The summed E-state index contributed by atoms with van der Waals surface area (Å²) < 4.78 is 31.6. The van der Waals surface area contributed by atoms with Crippen LogP contribution >= 0.6 is 0 Å². The Balaban J connectivity index is 0.00000225. The van der Waals surface area contributed by atoms with E-state index in [1.807, 2.05) is 19.0 Å². The molecule has 0 bridgehead atoms. The molecule has 1 N–H and O–H groups in total. The monoisotopic (exact) mass is 253 g/mol. The zero-order valence-electron chi connectivity index (χ0n) is 9.41. The Hall–Kier alpha value is -0.110. The molecule has 7 heteroatoms. The average molecular weight is 253 g/mol. The van der Waals surface area contributed by atoms with Crippen molar-refractivity contribution < 1.29 is 47.6 Å². The molecule has 1 aromatic rings. The van der Waals surface area contributed by atoms with Crippen LogP contribution in [0, 0.1) is 0 Å². The van der Waals surface area contributed by atoms with Crippen molar-refractivity contribution in [3.63, 3.8) is 0 Å². The standard InChI is InChI=1S/C9H13NO4S.Na/c1-10(2)8-5-3-7(4-6-8)9(11)15(12,13)14;/h3-6,9,11H,1-2H3,(H,12,13,14);/q;+1/p-1. The zero-order valence-corrected chi connectivity index (χ0v) is 12.2. The van der Waals surface area contributed by atoms with Crippen molar-refractivity contribution in [3.8, 4) is 0 Å². The van der Waals surface area contributed by atoms with Crippen LogP contribution in [-0.4, -0.2) is 32.2 Å². The Morgan fingerprint density at radius 2 is 1.69 bits per heavy atom. The third-order valence-corrected chi connectivity index (χ3v) is 2.79. The van der Waals surface area contributed by atoms with Gasteiger partial charge in [-0.25, -0.2) is 8.42 Å². The maximum atomic E-state index is 10.5. The van der Waals surface area contributed by atoms with Gasteiger partial charge in [-0.05, 0) is 17.7 Å². The molecule has 0 saturated heterocycles. The molecule has 1 unspecified atom stereocenters. The number of rotatable bonds is 3. The largest absolute Gasteiger partial charge is 1.00 e. The topological polar surface area (TPSA) is 80.7 Å². The molecule has 0 fully saturated rings. The van der Waals surface area contributed by atoms with Gasteiger partial charge in [-0.2, -0.15) is 0 Å². The van der Waals surface area contributed by atoms with Gasteiger partial charge < -0.3 is 14.6 Å². The summed E-state index contributed by atoms with van der Waals surface area (Å²) in [6, 6.07) is 6.08. The molecular weight excluding hydrogens is 241 g/mol. The number of hydrogen-bond donors (Lipinski definition) is 1. The first-order chi connectivity index (χ1) is 6.82. The van der Waals surface area contributed by atoms with E-state index < -0.39 is 15.6 Å². The van der Waals surface area contributed by atoms with Crippen LogP contribution in [0.5, 0.6) is 0 Å². The summed E-state index contributed by atoms with van der Waals surface area (Å²) in [6.45, 7) is 0. The fourth-order valence-electron chi connectivity index (χ4n) is 1.10. The van der Waals surface area contributed by atoms with Crippen LogP contribution in [0.3, 0.4) is 0 Å². The van der Waals surface area contributed by atoms with E-state index >= 15 is 0 Å². The van der Waals surface area contributed by atoms with Crippen molar-refractivity contribution in [2.24, 2.45) is 0 Å². The molecule has 5 nitrogen and oxygen atoms in total. The quantitative estimate of drug-likeness (QED) is 0.468. The molecule has 1 rings (SSSR count). The van der Waals surface area contributed by atoms with Gasteiger partial charge in [0.2, 0.25) is 0 Å². The second-order valence-corrected chi connectivity index (χ2v) is 4.76. The Labute approximate surface area is 117 Å². The van der Waals surface area contributed by atoms with Crippen LogP contribution in [0.25, 0.3) is 0 Å². The van der Waals surface area contributed by atoms with Gasteiger partial charge in [-0.15, -0.1) is 0 Å². The van der Waals surface area contributed by atoms with Crippen LogP contribution in [0.15, 0.2) is 24.3 Å². The van der Waals surface area contributed by atoms with Gasteiger partial charge in [-0.3, -0.25) is 0 Å². The van der Waals surface area contributed by atoms with Gasteiger partial charge in [0, 0.05) is 19.8 Å². The molecule has 0 aliphatic rings. The Morgan fingerprint density at radius 3 is 2.00 bits per heavy atom. The number of aliphatic hydroxyl groups is 1. The summed E-state index contributed by atoms with van der Waals surface area (Å²) in [5, 5.41) is 9.17. The molecule has 0 aromatic heterocycles. The number of aliphatic hydroxyl groups excluding tert-OH is 1. The molecular formula is C9H12NNaO4S. The SMILES string of the molecule is CN(C)c1ccc(C(O)S(=O)(=O)[O-])cc1.[Na+]. The fourth-order valence-corrected chi connectivity index (χ4v) is 1.59. The molecule has 0 heterocycles. The minimum atomic E-state index is -4.70. The minimum Gasteiger partial charge on any atom is -0.746 e. The van der Waals surface area contributed by atoms with Crippen LogP contribution in [0.4, 0.5) is 5.69 Å². The van der Waals surface area contributed by atoms with Gasteiger partial charge in [0.05, 0.1) is 0 Å². The molecule has 0 aliphatic heterocycles. The first kappa shape index (κ1) is 15.9. The number of benzene rings is 1. The number of nitrogens with zero attached hydrogens (tertiary/aromatic N) is 1. The molecule has 0 saturated carbocycles. The van der Waals surface area contributed by atoms with Crippen molar-refractivity contribution in [1.82, 2.24) is 0 Å². The number of hydrogen-bond acceptors (Lipinski definition) is 5. The van der Waals surface area contributed by atoms with E-state index in [1.54, 1.807) is 12.1 Å². The summed E-state index contributed by atoms with van der Waals surface area (Å²) >= 11 is 0. The van der Waals surface area contributed by atoms with Gasteiger partial charge in [-0.1, -0.05) is 12.1 Å². The summed E-state index contributed by atoms with van der Waals surface area (Å²) in [4.78, 5) is 1.82. The molecule has 84 valence electrons. The van der Waals surface area contributed by atoms with Crippen LogP contribution in [0.2, 0.25) is 0 Å². The summed E-state index contributed by atoms with van der Waals surface area (Å²) in [6.07, 6.45) is 0. The van der Waals surface area contributed by atoms with Crippen LogP contribution in [-0.2, 0) is 10.1 Å². The fraction of sp³-hybridized carbons (Fsp3) is 0.333. The van der Waals surface area contributed by atoms with Gasteiger partial charge in [0.15, 0.2) is 5.44 Å². The van der Waals surface area contributed by atoms with Crippen molar-refractivity contribution in [1.29, 1.82) is 0 Å². The second-order valence-electron chi connectivity index (χ2n) is 3.33. The van der Waals surface area contributed by atoms with Crippen molar-refractivity contribution in [2.75, 3.05) is 19.0 Å². The first-order valence-corrected chi connectivity index (χ1v) is 5.69. The third-order valence-electron chi connectivity index (χ3n) is 1.97. The van der Waals surface area contributed by atoms with Crippen molar-refractivity contribution in [3.05, 3.63) is 29.8 Å². The number of anilines is 1. The normalized spacial score (nSPS) is 12.8. The molecule has 1 atom stereocenters.